The van der Waals surface area contributed by atoms with Gasteiger partial charge < -0.3 is 5.73 Å². The lowest BCUT2D eigenvalue weighted by atomic mass is 10.1. The average molecular weight is 364 g/mol. The molecule has 0 saturated heterocycles. The van der Waals surface area contributed by atoms with Gasteiger partial charge in [-0.15, -0.1) is 23.1 Å². The minimum Gasteiger partial charge on any atom is -0.370 e. The van der Waals surface area contributed by atoms with Crippen molar-refractivity contribution in [3.05, 3.63) is 41.0 Å². The number of hydrogen-bond donors (Lipinski definition) is 1. The number of aromatic nitrogens is 2. The predicted octanol–water partition coefficient (Wildman–Crippen LogP) is 4.37. The van der Waals surface area contributed by atoms with Crippen molar-refractivity contribution in [2.75, 3.05) is 5.75 Å². The summed E-state index contributed by atoms with van der Waals surface area (Å²) in [5.41, 5.74) is 7.38. The Balaban J connectivity index is 1.91. The number of hydrogen-bond acceptors (Lipinski definition) is 5. The first-order chi connectivity index (χ1) is 11.1. The number of rotatable bonds is 6. The molecule has 2 aromatic heterocycles. The van der Waals surface area contributed by atoms with Crippen LogP contribution in [0.25, 0.3) is 21.3 Å². The van der Waals surface area contributed by atoms with Crippen LogP contribution in [-0.4, -0.2) is 21.6 Å². The van der Waals surface area contributed by atoms with E-state index >= 15 is 0 Å². The van der Waals surface area contributed by atoms with Gasteiger partial charge >= 0.3 is 0 Å². The highest BCUT2D eigenvalue weighted by Crippen LogP contribution is 2.38. The van der Waals surface area contributed by atoms with Gasteiger partial charge in [-0.05, 0) is 24.1 Å². The van der Waals surface area contributed by atoms with E-state index in [2.05, 4.69) is 15.3 Å². The van der Waals surface area contributed by atoms with Crippen LogP contribution in [0, 0.1) is 0 Å². The summed E-state index contributed by atoms with van der Waals surface area (Å²) in [6.07, 6.45) is 2.72. The van der Waals surface area contributed by atoms with Gasteiger partial charge in [0.05, 0.1) is 5.39 Å². The fourth-order valence-corrected chi connectivity index (χ4v) is 4.28. The van der Waals surface area contributed by atoms with Gasteiger partial charge in [-0.1, -0.05) is 23.7 Å². The zero-order chi connectivity index (χ0) is 16.2. The Morgan fingerprint density at radius 3 is 2.78 bits per heavy atom. The van der Waals surface area contributed by atoms with Crippen molar-refractivity contribution in [2.24, 2.45) is 5.73 Å². The maximum Gasteiger partial charge on any atom is 0.217 e. The lowest BCUT2D eigenvalue weighted by Gasteiger charge is -2.05. The van der Waals surface area contributed by atoms with Crippen molar-refractivity contribution >= 4 is 50.8 Å². The predicted molar refractivity (Wildman–Crippen MR) is 97.0 cm³/mol. The quantitative estimate of drug-likeness (QED) is 0.401. The molecule has 0 saturated carbocycles. The van der Waals surface area contributed by atoms with Crippen LogP contribution in [0.4, 0.5) is 0 Å². The van der Waals surface area contributed by atoms with Crippen LogP contribution in [0.1, 0.15) is 12.8 Å². The fraction of sp³-hybridized carbons (Fsp3) is 0.188. The van der Waals surface area contributed by atoms with Gasteiger partial charge in [-0.2, -0.15) is 0 Å². The molecule has 0 atom stereocenters. The molecule has 0 aliphatic carbocycles. The van der Waals surface area contributed by atoms with Crippen LogP contribution in [-0.2, 0) is 4.79 Å². The van der Waals surface area contributed by atoms with E-state index < -0.39 is 0 Å². The minimum atomic E-state index is -0.268. The zero-order valence-corrected chi connectivity index (χ0v) is 14.5. The van der Waals surface area contributed by atoms with Crippen molar-refractivity contribution in [2.45, 2.75) is 17.9 Å². The van der Waals surface area contributed by atoms with Gasteiger partial charge in [-0.3, -0.25) is 4.79 Å². The van der Waals surface area contributed by atoms with E-state index in [0.717, 1.165) is 38.5 Å². The van der Waals surface area contributed by atoms with E-state index in [-0.39, 0.29) is 5.91 Å². The Labute approximate surface area is 147 Å². The standard InChI is InChI=1S/C16H14ClN3OS2/c17-11-5-3-10(4-6-11)12-8-23-16-14(12)15(19-9-20-16)22-7-1-2-13(18)21/h3-6,8-9H,1-2,7H2,(H2,18,21). The third-order valence-electron chi connectivity index (χ3n) is 3.30. The zero-order valence-electron chi connectivity index (χ0n) is 12.2. The van der Waals surface area contributed by atoms with Crippen LogP contribution in [0.15, 0.2) is 41.0 Å². The summed E-state index contributed by atoms with van der Waals surface area (Å²) in [6.45, 7) is 0. The first-order valence-electron chi connectivity index (χ1n) is 7.04. The monoisotopic (exact) mass is 363 g/mol. The molecule has 0 spiro atoms. The highest BCUT2D eigenvalue weighted by molar-refractivity contribution is 7.99. The molecule has 1 aromatic carbocycles. The molecule has 7 heteroatoms. The number of nitrogens with two attached hydrogens (primary N) is 1. The Morgan fingerprint density at radius 2 is 2.04 bits per heavy atom. The summed E-state index contributed by atoms with van der Waals surface area (Å²) in [4.78, 5) is 20.6. The molecule has 2 N–H and O–H groups in total. The number of thioether (sulfide) groups is 1. The Hall–Kier alpha value is -1.63. The van der Waals surface area contributed by atoms with Crippen molar-refractivity contribution in [1.29, 1.82) is 0 Å². The summed E-state index contributed by atoms with van der Waals surface area (Å²) in [6, 6.07) is 7.75. The molecule has 0 aliphatic rings. The number of carbonyl (C=O) groups excluding carboxylic acids is 1. The summed E-state index contributed by atoms with van der Waals surface area (Å²) in [7, 11) is 0. The number of halogens is 1. The number of thiophene rings is 1. The van der Waals surface area contributed by atoms with Gasteiger partial charge in [0.25, 0.3) is 0 Å². The maximum atomic E-state index is 10.8. The van der Waals surface area contributed by atoms with Gasteiger partial charge in [0.1, 0.15) is 16.2 Å². The smallest absolute Gasteiger partial charge is 0.217 e. The molecule has 0 unspecified atom stereocenters. The van der Waals surface area contributed by atoms with Crippen LogP contribution in [0.5, 0.6) is 0 Å². The van der Waals surface area contributed by atoms with Crippen LogP contribution in [0.3, 0.4) is 0 Å². The molecule has 3 rings (SSSR count). The van der Waals surface area contributed by atoms with Crippen molar-refractivity contribution in [1.82, 2.24) is 9.97 Å². The van der Waals surface area contributed by atoms with Gasteiger partial charge in [0.2, 0.25) is 5.91 Å². The number of nitrogens with zero attached hydrogens (tertiary/aromatic N) is 2. The lowest BCUT2D eigenvalue weighted by Crippen LogP contribution is -2.09. The molecule has 4 nitrogen and oxygen atoms in total. The molecule has 23 heavy (non-hydrogen) atoms. The molecule has 0 aliphatic heterocycles. The number of benzene rings is 1. The van der Waals surface area contributed by atoms with Crippen LogP contribution < -0.4 is 5.73 Å². The second kappa shape index (κ2) is 7.29. The molecular formula is C16H14ClN3OS2. The van der Waals surface area contributed by atoms with E-state index in [1.54, 1.807) is 29.4 Å². The van der Waals surface area contributed by atoms with E-state index in [1.807, 2.05) is 24.3 Å². The van der Waals surface area contributed by atoms with E-state index in [0.29, 0.717) is 11.4 Å². The summed E-state index contributed by atoms with van der Waals surface area (Å²) in [5, 5.41) is 4.80. The van der Waals surface area contributed by atoms with Crippen molar-refractivity contribution < 1.29 is 4.79 Å². The maximum absolute atomic E-state index is 10.8. The SMILES string of the molecule is NC(=O)CCCSc1ncnc2scc(-c3ccc(Cl)cc3)c12. The highest BCUT2D eigenvalue weighted by atomic mass is 35.5. The molecule has 0 bridgehead atoms. The van der Waals surface area contributed by atoms with Crippen LogP contribution in [0.2, 0.25) is 5.02 Å². The van der Waals surface area contributed by atoms with E-state index in [9.17, 15) is 4.79 Å². The third-order valence-corrected chi connectivity index (χ3v) is 5.51. The summed E-state index contributed by atoms with van der Waals surface area (Å²) >= 11 is 9.20. The topological polar surface area (TPSA) is 68.9 Å². The largest absolute Gasteiger partial charge is 0.370 e. The normalized spacial score (nSPS) is 11.0. The summed E-state index contributed by atoms with van der Waals surface area (Å²) < 4.78 is 0. The molecule has 0 radical (unpaired) electrons. The number of amides is 1. The van der Waals surface area contributed by atoms with Gasteiger partial charge in [0, 0.05) is 28.1 Å². The van der Waals surface area contributed by atoms with Crippen molar-refractivity contribution in [3.63, 3.8) is 0 Å². The second-order valence-electron chi connectivity index (χ2n) is 4.93. The molecule has 2 heterocycles. The number of carbonyl (C=O) groups is 1. The second-order valence-corrected chi connectivity index (χ2v) is 7.31. The molecule has 1 amide bonds. The fourth-order valence-electron chi connectivity index (χ4n) is 2.21. The van der Waals surface area contributed by atoms with Crippen molar-refractivity contribution in [3.8, 4) is 11.1 Å². The van der Waals surface area contributed by atoms with Gasteiger partial charge in [-0.25, -0.2) is 9.97 Å². The highest BCUT2D eigenvalue weighted by Gasteiger charge is 2.13. The Morgan fingerprint density at radius 1 is 1.26 bits per heavy atom. The summed E-state index contributed by atoms with van der Waals surface area (Å²) in [5.74, 6) is 0.529. The third kappa shape index (κ3) is 3.83. The van der Waals surface area contributed by atoms with Gasteiger partial charge in [0.15, 0.2) is 0 Å². The molecular weight excluding hydrogens is 350 g/mol. The number of primary amides is 1. The molecule has 0 fully saturated rings. The average Bonchev–Trinajstić information content (AvgIpc) is 2.97. The Bertz CT molecular complexity index is 833. The first-order valence-corrected chi connectivity index (χ1v) is 9.28. The Kier molecular flexibility index (Phi) is 5.15. The minimum absolute atomic E-state index is 0.268. The van der Waals surface area contributed by atoms with E-state index in [1.165, 1.54) is 0 Å². The molecule has 118 valence electrons. The lowest BCUT2D eigenvalue weighted by molar-refractivity contribution is -0.118. The number of fused-ring (bicyclic) bond motifs is 1. The first kappa shape index (κ1) is 16.2. The van der Waals surface area contributed by atoms with E-state index in [4.69, 9.17) is 17.3 Å². The van der Waals surface area contributed by atoms with Crippen LogP contribution >= 0.6 is 34.7 Å². The molecule has 3 aromatic rings.